The lowest BCUT2D eigenvalue weighted by atomic mass is 10.0. The van der Waals surface area contributed by atoms with E-state index in [9.17, 15) is 9.59 Å². The van der Waals surface area contributed by atoms with Crippen LogP contribution in [-0.4, -0.2) is 25.0 Å². The van der Waals surface area contributed by atoms with Gasteiger partial charge in [-0.05, 0) is 67.1 Å². The molecule has 1 aliphatic rings. The Kier molecular flexibility index (Phi) is 5.78. The van der Waals surface area contributed by atoms with Crippen molar-refractivity contribution in [3.63, 3.8) is 0 Å². The Hall–Kier alpha value is -3.57. The van der Waals surface area contributed by atoms with Crippen LogP contribution >= 0.6 is 11.6 Å². The number of nitrogens with zero attached hydrogens (tertiary/aromatic N) is 1. The summed E-state index contributed by atoms with van der Waals surface area (Å²) in [7, 11) is 1.59. The summed E-state index contributed by atoms with van der Waals surface area (Å²) in [4.78, 5) is 27.8. The number of ether oxygens (including phenoxy) is 1. The molecule has 0 spiro atoms. The molecule has 1 aliphatic heterocycles. The third kappa shape index (κ3) is 4.32. The second-order valence-corrected chi connectivity index (χ2v) is 7.71. The van der Waals surface area contributed by atoms with E-state index in [0.717, 1.165) is 11.1 Å². The average Bonchev–Trinajstić information content (AvgIpc) is 3.00. The fraction of sp³-hybridized carbons (Fsp3) is 0.120. The Morgan fingerprint density at radius 3 is 2.19 bits per heavy atom. The quantitative estimate of drug-likeness (QED) is 0.450. The number of methoxy groups -OCH3 is 1. The first-order valence-electron chi connectivity index (χ1n) is 9.79. The van der Waals surface area contributed by atoms with Gasteiger partial charge in [0.1, 0.15) is 11.8 Å². The van der Waals surface area contributed by atoms with Gasteiger partial charge in [-0.25, -0.2) is 4.90 Å². The van der Waals surface area contributed by atoms with Crippen molar-refractivity contribution in [2.75, 3.05) is 17.3 Å². The van der Waals surface area contributed by atoms with Crippen LogP contribution in [0.25, 0.3) is 6.08 Å². The first kappa shape index (κ1) is 20.7. The number of benzene rings is 3. The Bertz CT molecular complexity index is 1140. The van der Waals surface area contributed by atoms with E-state index < -0.39 is 6.04 Å². The fourth-order valence-electron chi connectivity index (χ4n) is 3.43. The van der Waals surface area contributed by atoms with Crippen LogP contribution in [-0.2, 0) is 9.59 Å². The van der Waals surface area contributed by atoms with Crippen molar-refractivity contribution >= 4 is 40.9 Å². The molecule has 0 saturated carbocycles. The summed E-state index contributed by atoms with van der Waals surface area (Å²) in [6.45, 7) is 2.00. The third-order valence-corrected chi connectivity index (χ3v) is 5.37. The number of aryl methyl sites for hydroxylation is 1. The number of nitrogens with one attached hydrogen (secondary N) is 1. The molecule has 6 heteroatoms. The van der Waals surface area contributed by atoms with E-state index in [1.165, 1.54) is 4.90 Å². The van der Waals surface area contributed by atoms with Gasteiger partial charge in [-0.1, -0.05) is 41.4 Å². The molecule has 4 rings (SSSR count). The number of rotatable bonds is 5. The highest BCUT2D eigenvalue weighted by molar-refractivity contribution is 6.33. The van der Waals surface area contributed by atoms with Crippen molar-refractivity contribution in [1.82, 2.24) is 0 Å². The van der Waals surface area contributed by atoms with Crippen LogP contribution in [0.2, 0.25) is 5.02 Å². The molecular weight excluding hydrogens is 412 g/mol. The van der Waals surface area contributed by atoms with Gasteiger partial charge in [0.15, 0.2) is 0 Å². The minimum Gasteiger partial charge on any atom is -0.497 e. The lowest BCUT2D eigenvalue weighted by Gasteiger charge is -2.16. The normalized spacial score (nSPS) is 17.3. The van der Waals surface area contributed by atoms with Crippen molar-refractivity contribution < 1.29 is 14.3 Å². The van der Waals surface area contributed by atoms with Crippen LogP contribution in [0.5, 0.6) is 5.75 Å². The van der Waals surface area contributed by atoms with Crippen LogP contribution in [0.1, 0.15) is 11.1 Å². The summed E-state index contributed by atoms with van der Waals surface area (Å²) in [5.41, 5.74) is 3.53. The van der Waals surface area contributed by atoms with Crippen molar-refractivity contribution in [2.24, 2.45) is 0 Å². The minimum absolute atomic E-state index is 0.346. The summed E-state index contributed by atoms with van der Waals surface area (Å²) >= 11 is 5.98. The van der Waals surface area contributed by atoms with Gasteiger partial charge in [-0.2, -0.15) is 0 Å². The zero-order valence-corrected chi connectivity index (χ0v) is 17.9. The summed E-state index contributed by atoms with van der Waals surface area (Å²) in [6.07, 6.45) is 1.76. The molecule has 3 aromatic rings. The minimum atomic E-state index is -0.821. The van der Waals surface area contributed by atoms with Gasteiger partial charge >= 0.3 is 0 Å². The molecule has 2 amide bonds. The molecule has 1 heterocycles. The van der Waals surface area contributed by atoms with E-state index in [1.54, 1.807) is 49.6 Å². The van der Waals surface area contributed by atoms with Crippen LogP contribution in [0.4, 0.5) is 11.4 Å². The number of carbonyl (C=O) groups is 2. The van der Waals surface area contributed by atoms with E-state index in [0.29, 0.717) is 27.7 Å². The predicted octanol–water partition coefficient (Wildman–Crippen LogP) is 5.09. The zero-order valence-electron chi connectivity index (χ0n) is 17.1. The number of imide groups is 1. The lowest BCUT2D eigenvalue weighted by molar-refractivity contribution is -0.121. The highest BCUT2D eigenvalue weighted by Gasteiger charge is 2.44. The van der Waals surface area contributed by atoms with Gasteiger partial charge < -0.3 is 10.1 Å². The van der Waals surface area contributed by atoms with Crippen molar-refractivity contribution in [3.8, 4) is 5.75 Å². The van der Waals surface area contributed by atoms with Gasteiger partial charge in [0, 0.05) is 10.7 Å². The van der Waals surface area contributed by atoms with Gasteiger partial charge in [-0.15, -0.1) is 0 Å². The molecule has 0 aromatic heterocycles. The predicted molar refractivity (Wildman–Crippen MR) is 124 cm³/mol. The molecule has 1 unspecified atom stereocenters. The molecule has 31 heavy (non-hydrogen) atoms. The number of hydrogen-bond acceptors (Lipinski definition) is 4. The Labute approximate surface area is 185 Å². The maximum absolute atomic E-state index is 13.3. The third-order valence-electron chi connectivity index (χ3n) is 5.11. The fourth-order valence-corrected chi connectivity index (χ4v) is 3.56. The van der Waals surface area contributed by atoms with Crippen LogP contribution in [0.15, 0.2) is 78.4 Å². The second-order valence-electron chi connectivity index (χ2n) is 7.27. The van der Waals surface area contributed by atoms with Crippen LogP contribution in [0.3, 0.4) is 0 Å². The molecule has 0 aliphatic carbocycles. The van der Waals surface area contributed by atoms with E-state index in [1.807, 2.05) is 43.3 Å². The summed E-state index contributed by atoms with van der Waals surface area (Å²) < 4.78 is 5.19. The molecule has 0 radical (unpaired) electrons. The number of anilines is 2. The summed E-state index contributed by atoms with van der Waals surface area (Å²) in [5.74, 6) is -0.00185. The number of hydrogen-bond donors (Lipinski definition) is 1. The molecule has 5 nitrogen and oxygen atoms in total. The molecule has 1 N–H and O–H groups in total. The molecule has 3 aromatic carbocycles. The maximum atomic E-state index is 13.3. The second kappa shape index (κ2) is 8.66. The maximum Gasteiger partial charge on any atom is 0.263 e. The van der Waals surface area contributed by atoms with E-state index >= 15 is 0 Å². The van der Waals surface area contributed by atoms with Gasteiger partial charge in [-0.3, -0.25) is 9.59 Å². The molecule has 0 bridgehead atoms. The van der Waals surface area contributed by atoms with E-state index in [2.05, 4.69) is 5.32 Å². The molecule has 1 atom stereocenters. The monoisotopic (exact) mass is 432 g/mol. The first-order valence-corrected chi connectivity index (χ1v) is 10.2. The van der Waals surface area contributed by atoms with E-state index in [4.69, 9.17) is 16.3 Å². The Morgan fingerprint density at radius 2 is 1.58 bits per heavy atom. The van der Waals surface area contributed by atoms with E-state index in [-0.39, 0.29) is 11.8 Å². The van der Waals surface area contributed by atoms with Gasteiger partial charge in [0.25, 0.3) is 11.8 Å². The number of halogens is 1. The molecular formula is C25H21ClN2O3. The number of carbonyl (C=O) groups excluding carboxylic acids is 2. The standard InChI is InChI=1S/C25H21ClN2O3/c1-16-3-5-17(6-4-16)15-22-23(27-19-9-13-21(31-2)14-10-19)25(30)28(24(22)29)20-11-7-18(26)8-12-20/h3-15,23,27H,1-2H3/b22-15+. The average molecular weight is 433 g/mol. The smallest absolute Gasteiger partial charge is 0.263 e. The summed E-state index contributed by atoms with van der Waals surface area (Å²) in [6, 6.07) is 20.8. The molecule has 1 fully saturated rings. The summed E-state index contributed by atoms with van der Waals surface area (Å²) in [5, 5.41) is 3.74. The lowest BCUT2D eigenvalue weighted by Crippen LogP contribution is -2.34. The van der Waals surface area contributed by atoms with Crippen molar-refractivity contribution in [1.29, 1.82) is 0 Å². The number of amides is 2. The molecule has 1 saturated heterocycles. The van der Waals surface area contributed by atoms with Gasteiger partial charge in [0.05, 0.1) is 18.4 Å². The Morgan fingerprint density at radius 1 is 0.935 bits per heavy atom. The Balaban J connectivity index is 1.73. The van der Waals surface area contributed by atoms with Crippen molar-refractivity contribution in [3.05, 3.63) is 94.5 Å². The molecule has 156 valence electrons. The van der Waals surface area contributed by atoms with Crippen LogP contribution in [0, 0.1) is 6.92 Å². The van der Waals surface area contributed by atoms with Crippen molar-refractivity contribution in [2.45, 2.75) is 13.0 Å². The highest BCUT2D eigenvalue weighted by atomic mass is 35.5. The van der Waals surface area contributed by atoms with Crippen LogP contribution < -0.4 is 15.0 Å². The first-order chi connectivity index (χ1) is 15.0. The topological polar surface area (TPSA) is 58.6 Å². The van der Waals surface area contributed by atoms with Gasteiger partial charge in [0.2, 0.25) is 0 Å². The highest BCUT2D eigenvalue weighted by Crippen LogP contribution is 2.31. The zero-order chi connectivity index (χ0) is 22.0. The largest absolute Gasteiger partial charge is 0.497 e. The SMILES string of the molecule is COc1ccc(NC2C(=O)N(c3ccc(Cl)cc3)C(=O)/C2=C/c2ccc(C)cc2)cc1.